The van der Waals surface area contributed by atoms with Gasteiger partial charge in [-0.2, -0.15) is 10.2 Å². The molecule has 2 rings (SSSR count). The predicted octanol–water partition coefficient (Wildman–Crippen LogP) is 1.17. The van der Waals surface area contributed by atoms with Crippen molar-refractivity contribution in [3.63, 3.8) is 0 Å². The van der Waals surface area contributed by atoms with Crippen LogP contribution in [0.25, 0.3) is 0 Å². The first kappa shape index (κ1) is 11.1. The topological polar surface area (TPSA) is 72.4 Å². The molecule has 0 unspecified atom stereocenters. The maximum atomic E-state index is 11.6. The Balaban J connectivity index is 2.03. The summed E-state index contributed by atoms with van der Waals surface area (Å²) in [5, 5.41) is 7.89. The van der Waals surface area contributed by atoms with E-state index in [-0.39, 0.29) is 5.91 Å². The molecule has 0 aliphatic rings. The minimum absolute atomic E-state index is 0.323. The monoisotopic (exact) mass is 232 g/mol. The largest absolute Gasteiger partial charge is 0.463 e. The average Bonchev–Trinajstić information content (AvgIpc) is 2.95. The minimum atomic E-state index is -0.350. The third kappa shape index (κ3) is 2.60. The number of aryl methyl sites for hydroxylation is 1. The number of amides is 1. The van der Waals surface area contributed by atoms with E-state index in [4.69, 9.17) is 4.42 Å². The number of nitrogens with one attached hydrogen (secondary N) is 1. The highest BCUT2D eigenvalue weighted by molar-refractivity contribution is 5.98. The van der Waals surface area contributed by atoms with Gasteiger partial charge in [0.05, 0.1) is 6.26 Å². The Morgan fingerprint density at radius 3 is 2.94 bits per heavy atom. The normalized spacial score (nSPS) is 11.5. The zero-order valence-corrected chi connectivity index (χ0v) is 9.54. The lowest BCUT2D eigenvalue weighted by Gasteiger charge is -1.97. The van der Waals surface area contributed by atoms with Gasteiger partial charge in [-0.25, -0.2) is 5.43 Å². The Morgan fingerprint density at radius 2 is 2.35 bits per heavy atom. The van der Waals surface area contributed by atoms with Gasteiger partial charge in [-0.3, -0.25) is 9.48 Å². The van der Waals surface area contributed by atoms with Crippen LogP contribution in [0.3, 0.4) is 0 Å². The van der Waals surface area contributed by atoms with Crippen LogP contribution >= 0.6 is 0 Å². The first-order valence-corrected chi connectivity index (χ1v) is 5.05. The highest BCUT2D eigenvalue weighted by Gasteiger charge is 2.08. The number of rotatable bonds is 3. The fourth-order valence-corrected chi connectivity index (χ4v) is 1.27. The van der Waals surface area contributed by atoms with Crippen molar-refractivity contribution in [3.05, 3.63) is 42.1 Å². The van der Waals surface area contributed by atoms with Crippen molar-refractivity contribution in [1.82, 2.24) is 15.2 Å². The van der Waals surface area contributed by atoms with Crippen molar-refractivity contribution in [1.29, 1.82) is 0 Å². The molecule has 2 aromatic rings. The number of hydrogen-bond acceptors (Lipinski definition) is 4. The molecule has 6 nitrogen and oxygen atoms in total. The summed E-state index contributed by atoms with van der Waals surface area (Å²) in [5.74, 6) is 0.267. The molecule has 0 saturated carbocycles. The summed E-state index contributed by atoms with van der Waals surface area (Å²) in [6.07, 6.45) is 3.24. The third-order valence-corrected chi connectivity index (χ3v) is 2.15. The SMILES string of the molecule is CC(=NNC(=O)c1ccn(C)n1)c1ccco1. The van der Waals surface area contributed by atoms with Crippen LogP contribution in [0.15, 0.2) is 40.2 Å². The van der Waals surface area contributed by atoms with Crippen LogP contribution in [0.4, 0.5) is 0 Å². The Labute approximate surface area is 97.9 Å². The first-order chi connectivity index (χ1) is 8.16. The van der Waals surface area contributed by atoms with E-state index in [9.17, 15) is 4.79 Å². The van der Waals surface area contributed by atoms with Gasteiger partial charge >= 0.3 is 0 Å². The van der Waals surface area contributed by atoms with Crippen LogP contribution in [-0.4, -0.2) is 21.4 Å². The fraction of sp³-hybridized carbons (Fsp3) is 0.182. The number of furan rings is 1. The van der Waals surface area contributed by atoms with E-state index in [2.05, 4.69) is 15.6 Å². The first-order valence-electron chi connectivity index (χ1n) is 5.05. The third-order valence-electron chi connectivity index (χ3n) is 2.15. The second-order valence-corrected chi connectivity index (χ2v) is 3.49. The molecule has 0 aliphatic heterocycles. The summed E-state index contributed by atoms with van der Waals surface area (Å²) in [6.45, 7) is 1.75. The standard InChI is InChI=1S/C11H12N4O2/c1-8(10-4-3-7-17-10)12-13-11(16)9-5-6-15(2)14-9/h3-7H,1-2H3,(H,13,16). The van der Waals surface area contributed by atoms with E-state index in [1.165, 1.54) is 0 Å². The van der Waals surface area contributed by atoms with Gasteiger partial charge in [0.15, 0.2) is 5.69 Å². The van der Waals surface area contributed by atoms with Gasteiger partial charge < -0.3 is 4.42 Å². The Bertz CT molecular complexity index is 540. The van der Waals surface area contributed by atoms with Crippen molar-refractivity contribution < 1.29 is 9.21 Å². The summed E-state index contributed by atoms with van der Waals surface area (Å²) in [7, 11) is 1.74. The van der Waals surface area contributed by atoms with Crippen LogP contribution in [0.5, 0.6) is 0 Å². The second-order valence-electron chi connectivity index (χ2n) is 3.49. The second kappa shape index (κ2) is 4.65. The van der Waals surface area contributed by atoms with Gasteiger partial charge in [0.2, 0.25) is 0 Å². The summed E-state index contributed by atoms with van der Waals surface area (Å²) in [4.78, 5) is 11.6. The molecule has 1 N–H and O–H groups in total. The zero-order chi connectivity index (χ0) is 12.3. The molecule has 0 bridgehead atoms. The van der Waals surface area contributed by atoms with Crippen molar-refractivity contribution in [2.45, 2.75) is 6.92 Å². The van der Waals surface area contributed by atoms with Gasteiger partial charge in [-0.1, -0.05) is 0 Å². The van der Waals surface area contributed by atoms with Crippen LogP contribution in [-0.2, 0) is 7.05 Å². The van der Waals surface area contributed by atoms with Crippen LogP contribution in [0.1, 0.15) is 23.2 Å². The van der Waals surface area contributed by atoms with E-state index >= 15 is 0 Å². The molecule has 2 heterocycles. The van der Waals surface area contributed by atoms with E-state index in [1.54, 1.807) is 49.3 Å². The number of hydrogen-bond donors (Lipinski definition) is 1. The molecule has 0 aromatic carbocycles. The molecule has 88 valence electrons. The van der Waals surface area contributed by atoms with E-state index in [1.807, 2.05) is 0 Å². The highest BCUT2D eigenvalue weighted by Crippen LogP contribution is 2.01. The van der Waals surface area contributed by atoms with Crippen molar-refractivity contribution >= 4 is 11.6 Å². The van der Waals surface area contributed by atoms with Crippen molar-refractivity contribution in [2.24, 2.45) is 12.1 Å². The average molecular weight is 232 g/mol. The molecule has 0 aliphatic carbocycles. The van der Waals surface area contributed by atoms with Gasteiger partial charge in [-0.15, -0.1) is 0 Å². The number of carbonyl (C=O) groups excluding carboxylic acids is 1. The Hall–Kier alpha value is -2.37. The zero-order valence-electron chi connectivity index (χ0n) is 9.54. The predicted molar refractivity (Wildman–Crippen MR) is 61.6 cm³/mol. The Kier molecular flexibility index (Phi) is 3.04. The lowest BCUT2D eigenvalue weighted by atomic mass is 10.3. The molecule has 2 aromatic heterocycles. The van der Waals surface area contributed by atoms with E-state index in [0.29, 0.717) is 17.2 Å². The molecule has 1 amide bonds. The minimum Gasteiger partial charge on any atom is -0.463 e. The Morgan fingerprint density at radius 1 is 1.53 bits per heavy atom. The van der Waals surface area contributed by atoms with Crippen LogP contribution in [0, 0.1) is 0 Å². The fourth-order valence-electron chi connectivity index (χ4n) is 1.27. The number of nitrogens with zero attached hydrogens (tertiary/aromatic N) is 3. The lowest BCUT2D eigenvalue weighted by molar-refractivity contribution is 0.0949. The molecule has 0 saturated heterocycles. The molecule has 17 heavy (non-hydrogen) atoms. The van der Waals surface area contributed by atoms with Gasteiger partial charge in [0.25, 0.3) is 5.91 Å². The molecule has 0 spiro atoms. The molecule has 0 radical (unpaired) electrons. The summed E-state index contributed by atoms with van der Waals surface area (Å²) < 4.78 is 6.69. The lowest BCUT2D eigenvalue weighted by Crippen LogP contribution is -2.20. The van der Waals surface area contributed by atoms with Crippen LogP contribution < -0.4 is 5.43 Å². The van der Waals surface area contributed by atoms with Gasteiger partial charge in [-0.05, 0) is 25.1 Å². The van der Waals surface area contributed by atoms with Gasteiger partial charge in [0, 0.05) is 13.2 Å². The number of carbonyl (C=O) groups is 1. The van der Waals surface area contributed by atoms with E-state index in [0.717, 1.165) is 0 Å². The highest BCUT2D eigenvalue weighted by atomic mass is 16.3. The maximum absolute atomic E-state index is 11.6. The van der Waals surface area contributed by atoms with E-state index < -0.39 is 0 Å². The quantitative estimate of drug-likeness (QED) is 0.637. The molecule has 6 heteroatoms. The smallest absolute Gasteiger partial charge is 0.291 e. The molecular weight excluding hydrogens is 220 g/mol. The molecular formula is C11H12N4O2. The van der Waals surface area contributed by atoms with Crippen LogP contribution in [0.2, 0.25) is 0 Å². The number of hydrazone groups is 1. The maximum Gasteiger partial charge on any atom is 0.291 e. The van der Waals surface area contributed by atoms with Crippen molar-refractivity contribution in [3.8, 4) is 0 Å². The summed E-state index contributed by atoms with van der Waals surface area (Å²) >= 11 is 0. The van der Waals surface area contributed by atoms with Crippen molar-refractivity contribution in [2.75, 3.05) is 0 Å². The summed E-state index contributed by atoms with van der Waals surface area (Å²) in [5.41, 5.74) is 3.33. The number of aromatic nitrogens is 2. The van der Waals surface area contributed by atoms with Gasteiger partial charge in [0.1, 0.15) is 11.5 Å². The summed E-state index contributed by atoms with van der Waals surface area (Å²) in [6, 6.07) is 5.15. The molecule has 0 atom stereocenters. The molecule has 0 fully saturated rings.